The molecule has 0 amide bonds. The zero-order chi connectivity index (χ0) is 11.8. The average Bonchev–Trinajstić information content (AvgIpc) is 3.04. The van der Waals surface area contributed by atoms with Crippen molar-refractivity contribution in [3.63, 3.8) is 0 Å². The molecule has 0 aliphatic heterocycles. The van der Waals surface area contributed by atoms with Gasteiger partial charge in [-0.05, 0) is 25.0 Å². The molecule has 0 atom stereocenters. The van der Waals surface area contributed by atoms with Crippen molar-refractivity contribution in [1.82, 2.24) is 5.32 Å². The minimum absolute atomic E-state index is 0.132. The van der Waals surface area contributed by atoms with E-state index in [2.05, 4.69) is 5.32 Å². The molecule has 0 spiro atoms. The first kappa shape index (κ1) is 10.5. The topological polar surface area (TPSA) is 42.2 Å². The molecule has 0 saturated heterocycles. The molecular formula is C13H12FNO2. The Morgan fingerprint density at radius 2 is 2.29 bits per heavy atom. The lowest BCUT2D eigenvalue weighted by molar-refractivity contribution is 0.0966. The van der Waals surface area contributed by atoms with Crippen molar-refractivity contribution in [2.24, 2.45) is 0 Å². The number of hydrogen-bond acceptors (Lipinski definition) is 3. The predicted octanol–water partition coefficient (Wildman–Crippen LogP) is 2.51. The summed E-state index contributed by atoms with van der Waals surface area (Å²) in [6.07, 6.45) is 2.25. The summed E-state index contributed by atoms with van der Waals surface area (Å²) in [7, 11) is 0. The second kappa shape index (κ2) is 3.96. The van der Waals surface area contributed by atoms with E-state index >= 15 is 0 Å². The lowest BCUT2D eigenvalue weighted by Crippen LogP contribution is -2.24. The van der Waals surface area contributed by atoms with Crippen LogP contribution < -0.4 is 5.32 Å². The average molecular weight is 233 g/mol. The van der Waals surface area contributed by atoms with Crippen LogP contribution in [0.5, 0.6) is 0 Å². The number of rotatable bonds is 4. The highest BCUT2D eigenvalue weighted by Crippen LogP contribution is 2.23. The maximum Gasteiger partial charge on any atom is 0.211 e. The summed E-state index contributed by atoms with van der Waals surface area (Å²) in [5, 5.41) is 3.74. The van der Waals surface area contributed by atoms with E-state index in [1.54, 1.807) is 18.2 Å². The standard InChI is InChI=1S/C13H12FNO2/c14-10-3-1-2-8-6-12(17-13(8)10)11(16)7-15-9-4-5-9/h1-3,6,9,15H,4-5,7H2. The van der Waals surface area contributed by atoms with E-state index in [1.165, 1.54) is 6.07 Å². The summed E-state index contributed by atoms with van der Waals surface area (Å²) < 4.78 is 18.6. The van der Waals surface area contributed by atoms with Crippen LogP contribution in [0.1, 0.15) is 23.4 Å². The van der Waals surface area contributed by atoms with Crippen LogP contribution >= 0.6 is 0 Å². The number of para-hydroxylation sites is 1. The van der Waals surface area contributed by atoms with Crippen LogP contribution in [0, 0.1) is 5.82 Å². The summed E-state index contributed by atoms with van der Waals surface area (Å²) in [5.41, 5.74) is 0.155. The molecule has 1 N–H and O–H groups in total. The second-order valence-electron chi connectivity index (χ2n) is 4.35. The highest BCUT2D eigenvalue weighted by Gasteiger charge is 2.22. The Labute approximate surface area is 97.6 Å². The number of halogens is 1. The summed E-state index contributed by atoms with van der Waals surface area (Å²) in [6, 6.07) is 6.72. The quantitative estimate of drug-likeness (QED) is 0.825. The Balaban J connectivity index is 1.84. The van der Waals surface area contributed by atoms with E-state index in [0.717, 1.165) is 12.8 Å². The molecular weight excluding hydrogens is 221 g/mol. The summed E-state index contributed by atoms with van der Waals surface area (Å²) in [4.78, 5) is 11.8. The SMILES string of the molecule is O=C(CNC1CC1)c1cc2cccc(F)c2o1. The number of Topliss-reactive ketones (excluding diaryl/α,β-unsaturated/α-hetero) is 1. The van der Waals surface area contributed by atoms with Crippen LogP contribution in [0.25, 0.3) is 11.0 Å². The third-order valence-corrected chi connectivity index (χ3v) is 2.90. The van der Waals surface area contributed by atoms with Gasteiger partial charge in [0.1, 0.15) is 0 Å². The third-order valence-electron chi connectivity index (χ3n) is 2.90. The molecule has 4 heteroatoms. The van der Waals surface area contributed by atoms with Gasteiger partial charge in [-0.25, -0.2) is 4.39 Å². The number of nitrogens with one attached hydrogen (secondary N) is 1. The highest BCUT2D eigenvalue weighted by atomic mass is 19.1. The number of fused-ring (bicyclic) bond motifs is 1. The van der Waals surface area contributed by atoms with Gasteiger partial charge < -0.3 is 9.73 Å². The second-order valence-corrected chi connectivity index (χ2v) is 4.35. The monoisotopic (exact) mass is 233 g/mol. The van der Waals surface area contributed by atoms with Gasteiger partial charge in [0.2, 0.25) is 5.78 Å². The molecule has 1 aliphatic rings. The van der Waals surface area contributed by atoms with Crippen LogP contribution in [0.2, 0.25) is 0 Å². The maximum absolute atomic E-state index is 13.4. The fourth-order valence-corrected chi connectivity index (χ4v) is 1.78. The first-order valence-electron chi connectivity index (χ1n) is 5.69. The minimum atomic E-state index is -0.434. The molecule has 1 aliphatic carbocycles. The van der Waals surface area contributed by atoms with Gasteiger partial charge in [-0.3, -0.25) is 4.79 Å². The number of hydrogen-bond donors (Lipinski definition) is 1. The zero-order valence-electron chi connectivity index (χ0n) is 9.20. The Kier molecular flexibility index (Phi) is 2.44. The van der Waals surface area contributed by atoms with Gasteiger partial charge in [0.05, 0.1) is 6.54 Å². The maximum atomic E-state index is 13.4. The summed E-state index contributed by atoms with van der Waals surface area (Å²) >= 11 is 0. The molecule has 3 nitrogen and oxygen atoms in total. The van der Waals surface area contributed by atoms with Crippen LogP contribution in [0.4, 0.5) is 4.39 Å². The number of carbonyl (C=O) groups is 1. The van der Waals surface area contributed by atoms with Crippen LogP contribution in [-0.2, 0) is 0 Å². The fraction of sp³-hybridized carbons (Fsp3) is 0.308. The van der Waals surface area contributed by atoms with E-state index in [0.29, 0.717) is 11.4 Å². The minimum Gasteiger partial charge on any atom is -0.450 e. The molecule has 1 saturated carbocycles. The fourth-order valence-electron chi connectivity index (χ4n) is 1.78. The molecule has 2 aromatic rings. The van der Waals surface area contributed by atoms with Gasteiger partial charge in [-0.2, -0.15) is 0 Å². The highest BCUT2D eigenvalue weighted by molar-refractivity contribution is 5.98. The van der Waals surface area contributed by atoms with Gasteiger partial charge >= 0.3 is 0 Å². The Bertz CT molecular complexity index is 572. The van der Waals surface area contributed by atoms with Gasteiger partial charge in [-0.1, -0.05) is 12.1 Å². The zero-order valence-corrected chi connectivity index (χ0v) is 9.20. The van der Waals surface area contributed by atoms with E-state index in [4.69, 9.17) is 4.42 Å². The van der Waals surface area contributed by atoms with Crippen molar-refractivity contribution >= 4 is 16.8 Å². The van der Waals surface area contributed by atoms with E-state index < -0.39 is 5.82 Å². The van der Waals surface area contributed by atoms with E-state index in [1.807, 2.05) is 0 Å². The van der Waals surface area contributed by atoms with E-state index in [-0.39, 0.29) is 23.7 Å². The summed E-state index contributed by atoms with van der Waals surface area (Å²) in [5.74, 6) is -0.345. The lowest BCUT2D eigenvalue weighted by atomic mass is 10.2. The van der Waals surface area contributed by atoms with Gasteiger partial charge in [0.25, 0.3) is 0 Å². The van der Waals surface area contributed by atoms with Crippen molar-refractivity contribution in [3.8, 4) is 0 Å². The number of benzene rings is 1. The molecule has 1 fully saturated rings. The molecule has 1 heterocycles. The molecule has 0 bridgehead atoms. The number of carbonyl (C=O) groups excluding carboxylic acids is 1. The Morgan fingerprint density at radius 3 is 3.00 bits per heavy atom. The molecule has 0 radical (unpaired) electrons. The third kappa shape index (κ3) is 2.08. The van der Waals surface area contributed by atoms with Crippen molar-refractivity contribution in [2.75, 3.05) is 6.54 Å². The molecule has 1 aromatic heterocycles. The van der Waals surface area contributed by atoms with Crippen LogP contribution in [0.15, 0.2) is 28.7 Å². The van der Waals surface area contributed by atoms with E-state index in [9.17, 15) is 9.18 Å². The number of ketones is 1. The summed E-state index contributed by atoms with van der Waals surface area (Å²) in [6.45, 7) is 0.256. The normalized spacial score (nSPS) is 15.4. The molecule has 0 unspecified atom stereocenters. The van der Waals surface area contributed by atoms with Gasteiger partial charge in [-0.15, -0.1) is 0 Å². The Hall–Kier alpha value is -1.68. The van der Waals surface area contributed by atoms with Crippen LogP contribution in [-0.4, -0.2) is 18.4 Å². The molecule has 17 heavy (non-hydrogen) atoms. The molecule has 88 valence electrons. The smallest absolute Gasteiger partial charge is 0.211 e. The molecule has 3 rings (SSSR count). The first-order chi connectivity index (χ1) is 8.24. The first-order valence-corrected chi connectivity index (χ1v) is 5.69. The van der Waals surface area contributed by atoms with Gasteiger partial charge in [0, 0.05) is 11.4 Å². The van der Waals surface area contributed by atoms with Crippen molar-refractivity contribution in [3.05, 3.63) is 35.8 Å². The van der Waals surface area contributed by atoms with Crippen LogP contribution in [0.3, 0.4) is 0 Å². The molecule has 1 aromatic carbocycles. The van der Waals surface area contributed by atoms with Crippen molar-refractivity contribution < 1.29 is 13.6 Å². The van der Waals surface area contributed by atoms with Gasteiger partial charge in [0.15, 0.2) is 17.2 Å². The Morgan fingerprint density at radius 1 is 1.47 bits per heavy atom. The lowest BCUT2D eigenvalue weighted by Gasteiger charge is -1.98. The van der Waals surface area contributed by atoms with Crippen molar-refractivity contribution in [1.29, 1.82) is 0 Å². The van der Waals surface area contributed by atoms with Crippen molar-refractivity contribution in [2.45, 2.75) is 18.9 Å². The number of furan rings is 1. The largest absolute Gasteiger partial charge is 0.450 e. The predicted molar refractivity (Wildman–Crippen MR) is 61.5 cm³/mol.